The second-order valence-corrected chi connectivity index (χ2v) is 10.2. The van der Waals surface area contributed by atoms with Gasteiger partial charge in [0.15, 0.2) is 11.6 Å². The number of carbonyl (C=O) groups excluding carboxylic acids is 1. The Bertz CT molecular complexity index is 897. The maximum Gasteiger partial charge on any atom is 0.404 e. The van der Waals surface area contributed by atoms with Crippen LogP contribution < -0.4 is 21.1 Å². The number of hydrazine groups is 1. The largest absolute Gasteiger partial charge is 0.465 e. The summed E-state index contributed by atoms with van der Waals surface area (Å²) in [6.45, 7) is 7.44. The van der Waals surface area contributed by atoms with Crippen molar-refractivity contribution in [3.05, 3.63) is 11.6 Å². The molecule has 3 heterocycles. The van der Waals surface area contributed by atoms with Crippen LogP contribution in [0.5, 0.6) is 0 Å². The molecule has 2 aliphatic heterocycles. The van der Waals surface area contributed by atoms with Gasteiger partial charge in [0, 0.05) is 19.6 Å². The van der Waals surface area contributed by atoms with E-state index in [1.807, 2.05) is 4.90 Å². The van der Waals surface area contributed by atoms with E-state index in [0.29, 0.717) is 31.3 Å². The highest BCUT2D eigenvalue weighted by molar-refractivity contribution is 5.80. The molecule has 3 fully saturated rings. The number of hydrogen-bond donors (Lipinski definition) is 4. The first-order valence-corrected chi connectivity index (χ1v) is 12.3. The number of anilines is 2. The number of aryl methyl sites for hydroxylation is 1. The number of amides is 2. The molecule has 188 valence electrons. The van der Waals surface area contributed by atoms with Crippen LogP contribution in [0.25, 0.3) is 0 Å². The Balaban J connectivity index is 1.39. The first kappa shape index (κ1) is 24.4. The lowest BCUT2D eigenvalue weighted by molar-refractivity contribution is -0.124. The van der Waals surface area contributed by atoms with Gasteiger partial charge in [-0.15, -0.1) is 0 Å². The SMILES string of the molecule is Cc1nc(NNC(=O)[C@@H](CNC(=O)O)CC2CCCC2)c(F)c(N2CC(C)(N3CCCC3)C2)n1. The molecule has 0 unspecified atom stereocenters. The smallest absolute Gasteiger partial charge is 0.404 e. The van der Waals surface area contributed by atoms with E-state index in [2.05, 4.69) is 38.0 Å². The zero-order valence-corrected chi connectivity index (χ0v) is 20.1. The van der Waals surface area contributed by atoms with Gasteiger partial charge in [-0.25, -0.2) is 14.8 Å². The molecule has 34 heavy (non-hydrogen) atoms. The molecule has 0 aromatic carbocycles. The minimum absolute atomic E-state index is 0.0126. The molecule has 0 spiro atoms. The third-order valence-corrected chi connectivity index (χ3v) is 7.44. The average Bonchev–Trinajstić information content (AvgIpc) is 3.49. The van der Waals surface area contributed by atoms with E-state index in [1.54, 1.807) is 6.92 Å². The Labute approximate surface area is 199 Å². The lowest BCUT2D eigenvalue weighted by Gasteiger charge is -2.53. The molecule has 0 radical (unpaired) electrons. The number of rotatable bonds is 9. The van der Waals surface area contributed by atoms with Crippen LogP contribution in [0.1, 0.15) is 57.7 Å². The fourth-order valence-electron chi connectivity index (χ4n) is 5.58. The van der Waals surface area contributed by atoms with Gasteiger partial charge >= 0.3 is 6.09 Å². The summed E-state index contributed by atoms with van der Waals surface area (Å²) in [6.07, 6.45) is 6.17. The van der Waals surface area contributed by atoms with Gasteiger partial charge in [0.2, 0.25) is 11.7 Å². The lowest BCUT2D eigenvalue weighted by atomic mass is 9.90. The molecule has 4 rings (SSSR count). The fourth-order valence-corrected chi connectivity index (χ4v) is 5.58. The van der Waals surface area contributed by atoms with Crippen molar-refractivity contribution in [2.75, 3.05) is 43.0 Å². The fraction of sp³-hybridized carbons (Fsp3) is 0.739. The molecule has 0 bridgehead atoms. The number of halogens is 1. The van der Waals surface area contributed by atoms with Gasteiger partial charge in [0.1, 0.15) is 5.82 Å². The first-order chi connectivity index (χ1) is 16.2. The van der Waals surface area contributed by atoms with E-state index in [4.69, 9.17) is 5.11 Å². The second kappa shape index (κ2) is 10.3. The van der Waals surface area contributed by atoms with Gasteiger partial charge in [-0.05, 0) is 52.1 Å². The minimum atomic E-state index is -1.17. The number of nitrogens with zero attached hydrogens (tertiary/aromatic N) is 4. The quantitative estimate of drug-likeness (QED) is 0.400. The molecular formula is C23H36FN7O3. The van der Waals surface area contributed by atoms with Crippen molar-refractivity contribution in [2.24, 2.45) is 11.8 Å². The van der Waals surface area contributed by atoms with E-state index in [-0.39, 0.29) is 29.6 Å². The molecule has 1 aliphatic carbocycles. The summed E-state index contributed by atoms with van der Waals surface area (Å²) in [5.41, 5.74) is 5.20. The van der Waals surface area contributed by atoms with Crippen LogP contribution in [0.2, 0.25) is 0 Å². The predicted octanol–water partition coefficient (Wildman–Crippen LogP) is 2.51. The van der Waals surface area contributed by atoms with Crippen molar-refractivity contribution in [1.82, 2.24) is 25.6 Å². The van der Waals surface area contributed by atoms with Gasteiger partial charge < -0.3 is 15.3 Å². The Hall–Kier alpha value is -2.69. The van der Waals surface area contributed by atoms with Crippen LogP contribution in [-0.4, -0.2) is 70.2 Å². The van der Waals surface area contributed by atoms with Crippen LogP contribution >= 0.6 is 0 Å². The summed E-state index contributed by atoms with van der Waals surface area (Å²) in [7, 11) is 0. The van der Waals surface area contributed by atoms with Crippen LogP contribution in [-0.2, 0) is 4.79 Å². The predicted molar refractivity (Wildman–Crippen MR) is 126 cm³/mol. The first-order valence-electron chi connectivity index (χ1n) is 12.3. The summed E-state index contributed by atoms with van der Waals surface area (Å²) in [4.78, 5) is 36.6. The van der Waals surface area contributed by atoms with Gasteiger partial charge in [-0.1, -0.05) is 25.7 Å². The maximum absolute atomic E-state index is 15.3. The summed E-state index contributed by atoms with van der Waals surface area (Å²) in [5.74, 6) is -0.597. The number of nitrogens with one attached hydrogen (secondary N) is 3. The van der Waals surface area contributed by atoms with Gasteiger partial charge in [0.25, 0.3) is 0 Å². The Morgan fingerprint density at radius 3 is 2.50 bits per heavy atom. The molecule has 1 aromatic heterocycles. The van der Waals surface area contributed by atoms with Crippen molar-refractivity contribution in [1.29, 1.82) is 0 Å². The normalized spacial score (nSPS) is 21.2. The second-order valence-electron chi connectivity index (χ2n) is 10.2. The van der Waals surface area contributed by atoms with Crippen LogP contribution in [0.3, 0.4) is 0 Å². The van der Waals surface area contributed by atoms with Crippen LogP contribution in [0.15, 0.2) is 0 Å². The molecule has 1 aromatic rings. The van der Waals surface area contributed by atoms with E-state index in [9.17, 15) is 9.59 Å². The zero-order valence-electron chi connectivity index (χ0n) is 20.1. The van der Waals surface area contributed by atoms with E-state index in [1.165, 1.54) is 12.8 Å². The summed E-state index contributed by atoms with van der Waals surface area (Å²) >= 11 is 0. The molecule has 2 amide bonds. The Kier molecular flexibility index (Phi) is 7.39. The Morgan fingerprint density at radius 1 is 1.18 bits per heavy atom. The highest BCUT2D eigenvalue weighted by Gasteiger charge is 2.45. The third kappa shape index (κ3) is 5.51. The lowest BCUT2D eigenvalue weighted by Crippen LogP contribution is -2.68. The zero-order chi connectivity index (χ0) is 24.3. The van der Waals surface area contributed by atoms with Gasteiger partial charge in [-0.3, -0.25) is 20.5 Å². The maximum atomic E-state index is 15.3. The van der Waals surface area contributed by atoms with Gasteiger partial charge in [-0.2, -0.15) is 4.39 Å². The van der Waals surface area contributed by atoms with E-state index >= 15 is 4.39 Å². The highest BCUT2D eigenvalue weighted by Crippen LogP contribution is 2.35. The molecule has 4 N–H and O–H groups in total. The third-order valence-electron chi connectivity index (χ3n) is 7.44. The average molecular weight is 478 g/mol. The van der Waals surface area contributed by atoms with Crippen molar-refractivity contribution in [2.45, 2.75) is 64.3 Å². The number of aromatic nitrogens is 2. The van der Waals surface area contributed by atoms with E-state index in [0.717, 1.165) is 38.8 Å². The number of likely N-dealkylation sites (tertiary alicyclic amines) is 1. The van der Waals surface area contributed by atoms with Crippen molar-refractivity contribution in [3.8, 4) is 0 Å². The van der Waals surface area contributed by atoms with Crippen molar-refractivity contribution < 1.29 is 19.1 Å². The molecule has 1 atom stereocenters. The van der Waals surface area contributed by atoms with Crippen molar-refractivity contribution in [3.63, 3.8) is 0 Å². The topological polar surface area (TPSA) is 123 Å². The van der Waals surface area contributed by atoms with Gasteiger partial charge in [0.05, 0.1) is 11.5 Å². The number of hydrogen-bond acceptors (Lipinski definition) is 7. The molecule has 3 aliphatic rings. The van der Waals surface area contributed by atoms with Crippen LogP contribution in [0.4, 0.5) is 20.8 Å². The molecule has 2 saturated heterocycles. The highest BCUT2D eigenvalue weighted by atomic mass is 19.1. The number of carbonyl (C=O) groups is 2. The summed E-state index contributed by atoms with van der Waals surface area (Å²) in [6, 6.07) is 0. The van der Waals surface area contributed by atoms with E-state index < -0.39 is 17.8 Å². The molecule has 1 saturated carbocycles. The number of carboxylic acid groups (broad SMARTS) is 1. The molecule has 10 nitrogen and oxygen atoms in total. The molecule has 11 heteroatoms. The summed E-state index contributed by atoms with van der Waals surface area (Å²) in [5, 5.41) is 11.3. The summed E-state index contributed by atoms with van der Waals surface area (Å²) < 4.78 is 15.3. The standard InChI is InChI=1S/C23H36FN7O3/c1-15-26-19(18(24)20(27-15)30-13-23(2,14-30)31-9-5-6-10-31)28-29-21(32)17(12-25-22(33)34)11-16-7-3-4-8-16/h16-17,25H,3-14H2,1-2H3,(H,29,32)(H,33,34)(H,26,27,28)/t17-/m1/s1. The molecular weight excluding hydrogens is 441 g/mol. The van der Waals surface area contributed by atoms with Crippen molar-refractivity contribution >= 4 is 23.6 Å². The monoisotopic (exact) mass is 477 g/mol. The minimum Gasteiger partial charge on any atom is -0.465 e. The van der Waals surface area contributed by atoms with Crippen LogP contribution in [0, 0.1) is 24.6 Å². The Morgan fingerprint density at radius 2 is 1.85 bits per heavy atom.